The molecular formula is C41H44F2N4O5. The Labute approximate surface area is 301 Å². The van der Waals surface area contributed by atoms with Gasteiger partial charge in [0.2, 0.25) is 0 Å². The third-order valence-corrected chi connectivity index (χ3v) is 8.07. The summed E-state index contributed by atoms with van der Waals surface area (Å²) in [6.07, 6.45) is 0.110. The van der Waals surface area contributed by atoms with Crippen molar-refractivity contribution >= 4 is 34.2 Å². The van der Waals surface area contributed by atoms with E-state index in [9.17, 15) is 28.0 Å². The van der Waals surface area contributed by atoms with Crippen LogP contribution < -0.4 is 21.9 Å². The van der Waals surface area contributed by atoms with E-state index in [0.29, 0.717) is 35.3 Å². The van der Waals surface area contributed by atoms with E-state index in [1.807, 2.05) is 37.3 Å². The number of carbonyl (C=O) groups excluding carboxylic acids is 3. The number of amides is 2. The first-order chi connectivity index (χ1) is 24.7. The average Bonchev–Trinajstić information content (AvgIpc) is 3.10. The Hall–Kier alpha value is -5.68. The molecule has 0 radical (unpaired) electrons. The number of hydrogen-bond acceptors (Lipinski definition) is 6. The van der Waals surface area contributed by atoms with Gasteiger partial charge in [0.15, 0.2) is 5.78 Å². The van der Waals surface area contributed by atoms with E-state index in [1.54, 1.807) is 76.2 Å². The molecule has 0 aliphatic carbocycles. The molecule has 0 bridgehead atoms. The number of anilines is 1. The molecule has 0 spiro atoms. The SMILES string of the molecule is CC[C@H](N)c1cc2cccc(F)c2c(=O)n1-c1ccccc1.CC[C@H](NC(=O)OC(C)(C)C)C(=O)Cc1cccc(F)c1C(=O)Nc1ccccc1. The van der Waals surface area contributed by atoms with Crippen molar-refractivity contribution in [2.45, 2.75) is 71.6 Å². The number of rotatable bonds is 10. The Balaban J connectivity index is 0.000000243. The number of nitrogens with zero attached hydrogens (tertiary/aromatic N) is 1. The molecule has 5 rings (SSSR count). The fourth-order valence-electron chi connectivity index (χ4n) is 5.52. The molecule has 0 fully saturated rings. The number of benzene rings is 4. The number of nitrogens with one attached hydrogen (secondary N) is 2. The number of pyridine rings is 1. The van der Waals surface area contributed by atoms with E-state index in [0.717, 1.165) is 0 Å². The Kier molecular flexibility index (Phi) is 13.2. The Morgan fingerprint density at radius 1 is 0.827 bits per heavy atom. The van der Waals surface area contributed by atoms with Crippen LogP contribution in [0, 0.1) is 11.6 Å². The molecule has 4 aromatic carbocycles. The number of ether oxygens (including phenoxy) is 1. The van der Waals surface area contributed by atoms with Crippen molar-refractivity contribution in [3.63, 3.8) is 0 Å². The maximum Gasteiger partial charge on any atom is 0.408 e. The minimum absolute atomic E-state index is 0.0957. The minimum atomic E-state index is -0.812. The molecule has 0 aliphatic heterocycles. The highest BCUT2D eigenvalue weighted by Gasteiger charge is 2.26. The van der Waals surface area contributed by atoms with Gasteiger partial charge in [0.05, 0.1) is 17.0 Å². The lowest BCUT2D eigenvalue weighted by atomic mass is 9.97. The topological polar surface area (TPSA) is 133 Å². The van der Waals surface area contributed by atoms with Crippen molar-refractivity contribution in [2.24, 2.45) is 5.73 Å². The Morgan fingerprint density at radius 2 is 1.44 bits per heavy atom. The van der Waals surface area contributed by atoms with Gasteiger partial charge in [0, 0.05) is 29.5 Å². The van der Waals surface area contributed by atoms with Crippen LogP contribution in [0.4, 0.5) is 19.3 Å². The second kappa shape index (κ2) is 17.5. The molecule has 0 aliphatic rings. The number of para-hydroxylation sites is 2. The summed E-state index contributed by atoms with van der Waals surface area (Å²) in [6, 6.07) is 27.3. The molecule has 5 aromatic rings. The third kappa shape index (κ3) is 9.97. The summed E-state index contributed by atoms with van der Waals surface area (Å²) in [5, 5.41) is 5.85. The molecular weight excluding hydrogens is 666 g/mol. The van der Waals surface area contributed by atoms with Gasteiger partial charge >= 0.3 is 6.09 Å². The summed E-state index contributed by atoms with van der Waals surface area (Å²) < 4.78 is 35.3. The van der Waals surface area contributed by atoms with E-state index in [-0.39, 0.29) is 40.3 Å². The molecule has 0 unspecified atom stereocenters. The molecule has 9 nitrogen and oxygen atoms in total. The predicted molar refractivity (Wildman–Crippen MR) is 200 cm³/mol. The van der Waals surface area contributed by atoms with E-state index in [4.69, 9.17) is 10.5 Å². The number of ketones is 1. The first-order valence-corrected chi connectivity index (χ1v) is 17.0. The van der Waals surface area contributed by atoms with Crippen molar-refractivity contribution in [3.8, 4) is 5.69 Å². The monoisotopic (exact) mass is 710 g/mol. The van der Waals surface area contributed by atoms with E-state index in [2.05, 4.69) is 10.6 Å². The normalized spacial score (nSPS) is 12.2. The van der Waals surface area contributed by atoms with Crippen LogP contribution in [0.2, 0.25) is 0 Å². The van der Waals surface area contributed by atoms with Gasteiger partial charge in [0.1, 0.15) is 17.2 Å². The summed E-state index contributed by atoms with van der Waals surface area (Å²) in [6.45, 7) is 8.87. The maximum absolute atomic E-state index is 14.5. The van der Waals surface area contributed by atoms with Crippen LogP contribution in [0.25, 0.3) is 16.5 Å². The van der Waals surface area contributed by atoms with Gasteiger partial charge in [-0.3, -0.25) is 19.0 Å². The first kappa shape index (κ1) is 39.1. The standard InChI is InChI=1S/C23H27FN2O4.C18H17FN2O/c1-5-18(26-22(29)30-23(2,3)4)19(27)14-15-10-9-13-17(24)20(15)21(28)25-16-11-7-6-8-12-16;1-2-15(20)16-11-12-7-6-10-14(19)17(12)18(22)21(16)13-8-4-3-5-9-13/h6-13,18H,5,14H2,1-4H3,(H,25,28)(H,26,29);3-11,15H,2,20H2,1H3/t18-;15-/m00/s1. The van der Waals surface area contributed by atoms with Crippen LogP contribution in [0.15, 0.2) is 108 Å². The fraction of sp³-hybridized carbons (Fsp3) is 0.268. The quantitative estimate of drug-likeness (QED) is 0.134. The summed E-state index contributed by atoms with van der Waals surface area (Å²) in [4.78, 5) is 50.3. The number of fused-ring (bicyclic) bond motifs is 1. The predicted octanol–water partition coefficient (Wildman–Crippen LogP) is 8.03. The number of nitrogens with two attached hydrogens (primary N) is 1. The molecule has 0 saturated carbocycles. The summed E-state index contributed by atoms with van der Waals surface area (Å²) in [5.74, 6) is -2.22. The lowest BCUT2D eigenvalue weighted by Crippen LogP contribution is -2.43. The first-order valence-electron chi connectivity index (χ1n) is 17.0. The molecule has 4 N–H and O–H groups in total. The molecule has 2 atom stereocenters. The fourth-order valence-corrected chi connectivity index (χ4v) is 5.52. The average molecular weight is 711 g/mol. The highest BCUT2D eigenvalue weighted by atomic mass is 19.1. The van der Waals surface area contributed by atoms with Crippen LogP contribution in [-0.2, 0) is 16.0 Å². The van der Waals surface area contributed by atoms with Gasteiger partial charge in [-0.15, -0.1) is 0 Å². The molecule has 1 heterocycles. The molecule has 2 amide bonds. The van der Waals surface area contributed by atoms with Crippen molar-refractivity contribution in [1.82, 2.24) is 9.88 Å². The van der Waals surface area contributed by atoms with Gasteiger partial charge < -0.3 is 21.1 Å². The zero-order chi connectivity index (χ0) is 38.0. The van der Waals surface area contributed by atoms with Gasteiger partial charge in [0.25, 0.3) is 11.5 Å². The highest BCUT2D eigenvalue weighted by Crippen LogP contribution is 2.23. The zero-order valence-electron chi connectivity index (χ0n) is 29.9. The van der Waals surface area contributed by atoms with Crippen LogP contribution in [0.1, 0.15) is 75.1 Å². The Morgan fingerprint density at radius 3 is 2.06 bits per heavy atom. The van der Waals surface area contributed by atoms with Crippen molar-refractivity contribution in [3.05, 3.63) is 142 Å². The molecule has 1 aromatic heterocycles. The minimum Gasteiger partial charge on any atom is -0.444 e. The second-order valence-electron chi connectivity index (χ2n) is 13.1. The molecule has 0 saturated heterocycles. The van der Waals surface area contributed by atoms with Crippen LogP contribution in [-0.4, -0.2) is 34.0 Å². The van der Waals surface area contributed by atoms with Crippen molar-refractivity contribution < 1.29 is 27.9 Å². The highest BCUT2D eigenvalue weighted by molar-refractivity contribution is 6.06. The van der Waals surface area contributed by atoms with E-state index >= 15 is 0 Å². The smallest absolute Gasteiger partial charge is 0.408 e. The van der Waals surface area contributed by atoms with Gasteiger partial charge in [-0.1, -0.05) is 74.5 Å². The van der Waals surface area contributed by atoms with Crippen LogP contribution in [0.3, 0.4) is 0 Å². The summed E-state index contributed by atoms with van der Waals surface area (Å²) in [7, 11) is 0. The second-order valence-corrected chi connectivity index (χ2v) is 13.1. The van der Waals surface area contributed by atoms with E-state index < -0.39 is 35.3 Å². The van der Waals surface area contributed by atoms with Gasteiger partial charge in [-0.2, -0.15) is 0 Å². The summed E-state index contributed by atoms with van der Waals surface area (Å²) >= 11 is 0. The van der Waals surface area contributed by atoms with E-state index in [1.165, 1.54) is 28.8 Å². The van der Waals surface area contributed by atoms with Crippen LogP contribution >= 0.6 is 0 Å². The molecule has 11 heteroatoms. The maximum atomic E-state index is 14.5. The van der Waals surface area contributed by atoms with Crippen LogP contribution in [0.5, 0.6) is 0 Å². The number of Topliss-reactive ketones (excluding diaryl/α,β-unsaturated/α-hetero) is 1. The van der Waals surface area contributed by atoms with Crippen molar-refractivity contribution in [2.75, 3.05) is 5.32 Å². The largest absolute Gasteiger partial charge is 0.444 e. The third-order valence-electron chi connectivity index (χ3n) is 8.07. The molecule has 272 valence electrons. The molecule has 52 heavy (non-hydrogen) atoms. The zero-order valence-corrected chi connectivity index (χ0v) is 29.9. The van der Waals surface area contributed by atoms with Crippen molar-refractivity contribution in [1.29, 1.82) is 0 Å². The number of hydrogen-bond donors (Lipinski definition) is 3. The van der Waals surface area contributed by atoms with Gasteiger partial charge in [-0.05, 0) is 87.0 Å². The number of aromatic nitrogens is 1. The number of alkyl carbamates (subject to hydrolysis) is 1. The number of carbonyl (C=O) groups is 3. The lowest BCUT2D eigenvalue weighted by molar-refractivity contribution is -0.120. The Bertz CT molecular complexity index is 2080. The summed E-state index contributed by atoms with van der Waals surface area (Å²) in [5.41, 5.74) is 7.06. The van der Waals surface area contributed by atoms with Gasteiger partial charge in [-0.25, -0.2) is 13.6 Å². The number of halogens is 2. The lowest BCUT2D eigenvalue weighted by Gasteiger charge is -2.22.